The highest BCUT2D eigenvalue weighted by Crippen LogP contribution is 2.32. The molecule has 3 aromatic carbocycles. The Hall–Kier alpha value is -2.74. The highest BCUT2D eigenvalue weighted by molar-refractivity contribution is 7.93. The van der Waals surface area contributed by atoms with Crippen LogP contribution in [0.5, 0.6) is 11.5 Å². The van der Waals surface area contributed by atoms with Gasteiger partial charge >= 0.3 is 0 Å². The quantitative estimate of drug-likeness (QED) is 0.470. The summed E-state index contributed by atoms with van der Waals surface area (Å²) >= 11 is 12.0. The van der Waals surface area contributed by atoms with Gasteiger partial charge in [-0.2, -0.15) is 4.31 Å². The molecule has 1 amide bonds. The van der Waals surface area contributed by atoms with Gasteiger partial charge in [0.05, 0.1) is 22.7 Å². The molecule has 0 aliphatic rings. The highest BCUT2D eigenvalue weighted by atomic mass is 35.5. The van der Waals surface area contributed by atoms with Crippen molar-refractivity contribution in [3.05, 3.63) is 82.3 Å². The summed E-state index contributed by atoms with van der Waals surface area (Å²) in [7, 11) is -2.80. The van der Waals surface area contributed by atoms with Crippen molar-refractivity contribution in [2.45, 2.75) is 11.8 Å². The van der Waals surface area contributed by atoms with Gasteiger partial charge in [-0.15, -0.1) is 0 Å². The average molecular weight is 480 g/mol. The molecule has 0 spiro atoms. The van der Waals surface area contributed by atoms with E-state index in [-0.39, 0.29) is 15.6 Å². The molecule has 0 saturated heterocycles. The molecule has 6 nitrogen and oxygen atoms in total. The summed E-state index contributed by atoms with van der Waals surface area (Å²) in [6, 6.07) is 16.8. The van der Waals surface area contributed by atoms with Crippen LogP contribution in [0.15, 0.2) is 71.6 Å². The fourth-order valence-corrected chi connectivity index (χ4v) is 4.53. The molecular formula is C22H19Cl2NO5S. The smallest absolute Gasteiger partial charge is 0.278 e. The lowest BCUT2D eigenvalue weighted by Crippen LogP contribution is -2.40. The first-order valence-electron chi connectivity index (χ1n) is 9.09. The molecule has 0 bridgehead atoms. The summed E-state index contributed by atoms with van der Waals surface area (Å²) in [5.74, 6) is -0.0714. The number of hydrogen-bond donors (Lipinski definition) is 0. The number of aryl methyl sites for hydroxylation is 1. The zero-order chi connectivity index (χ0) is 22.6. The topological polar surface area (TPSA) is 72.9 Å². The summed E-state index contributed by atoms with van der Waals surface area (Å²) in [6.45, 7) is 1.32. The van der Waals surface area contributed by atoms with Crippen molar-refractivity contribution < 1.29 is 22.7 Å². The van der Waals surface area contributed by atoms with Crippen LogP contribution in [0.1, 0.15) is 5.56 Å². The van der Waals surface area contributed by atoms with E-state index in [1.807, 2.05) is 6.92 Å². The van der Waals surface area contributed by atoms with Crippen molar-refractivity contribution in [3.8, 4) is 11.5 Å². The van der Waals surface area contributed by atoms with Crippen LogP contribution in [-0.4, -0.2) is 28.0 Å². The molecule has 31 heavy (non-hydrogen) atoms. The second-order valence-electron chi connectivity index (χ2n) is 6.54. The monoisotopic (exact) mass is 479 g/mol. The van der Waals surface area contributed by atoms with Crippen molar-refractivity contribution in [2.75, 3.05) is 18.0 Å². The fourth-order valence-electron chi connectivity index (χ4n) is 2.75. The predicted molar refractivity (Wildman–Crippen MR) is 121 cm³/mol. The molecule has 0 unspecified atom stereocenters. The van der Waals surface area contributed by atoms with Crippen molar-refractivity contribution >= 4 is 44.8 Å². The van der Waals surface area contributed by atoms with Crippen LogP contribution in [0.3, 0.4) is 0 Å². The van der Waals surface area contributed by atoms with Gasteiger partial charge in [-0.3, -0.25) is 4.79 Å². The third-order valence-electron chi connectivity index (χ3n) is 4.33. The SMILES string of the molecule is COc1ccc(N(C(=O)COc2ccc(Cl)cc2)S(=O)(=O)c2ccc(C)cc2)cc1Cl. The lowest BCUT2D eigenvalue weighted by Gasteiger charge is -2.23. The number of ether oxygens (including phenoxy) is 2. The number of carbonyl (C=O) groups is 1. The Balaban J connectivity index is 1.99. The van der Waals surface area contributed by atoms with Gasteiger partial charge in [0.25, 0.3) is 15.9 Å². The molecule has 0 heterocycles. The van der Waals surface area contributed by atoms with E-state index in [1.54, 1.807) is 36.4 Å². The number of halogens is 2. The average Bonchev–Trinajstić information content (AvgIpc) is 2.74. The third kappa shape index (κ3) is 5.31. The van der Waals surface area contributed by atoms with Crippen LogP contribution in [0.2, 0.25) is 10.0 Å². The van der Waals surface area contributed by atoms with Crippen molar-refractivity contribution in [2.24, 2.45) is 0 Å². The highest BCUT2D eigenvalue weighted by Gasteiger charge is 2.32. The Morgan fingerprint density at radius 3 is 2.19 bits per heavy atom. The molecular weight excluding hydrogens is 461 g/mol. The van der Waals surface area contributed by atoms with Gasteiger partial charge < -0.3 is 9.47 Å². The summed E-state index contributed by atoms with van der Waals surface area (Å²) in [5.41, 5.74) is 0.950. The second kappa shape index (κ2) is 9.60. The van der Waals surface area contributed by atoms with E-state index in [0.717, 1.165) is 5.56 Å². The minimum atomic E-state index is -4.23. The van der Waals surface area contributed by atoms with E-state index in [1.165, 1.54) is 37.4 Å². The van der Waals surface area contributed by atoms with E-state index < -0.39 is 22.5 Å². The first-order valence-corrected chi connectivity index (χ1v) is 11.3. The molecule has 0 N–H and O–H groups in total. The molecule has 3 rings (SSSR count). The van der Waals surface area contributed by atoms with Crippen LogP contribution in [0.4, 0.5) is 5.69 Å². The fraction of sp³-hybridized carbons (Fsp3) is 0.136. The van der Waals surface area contributed by atoms with Crippen LogP contribution < -0.4 is 13.8 Å². The van der Waals surface area contributed by atoms with Gasteiger partial charge in [-0.25, -0.2) is 8.42 Å². The van der Waals surface area contributed by atoms with Crippen LogP contribution in [0.25, 0.3) is 0 Å². The Kier molecular flexibility index (Phi) is 7.10. The van der Waals surface area contributed by atoms with E-state index in [9.17, 15) is 13.2 Å². The van der Waals surface area contributed by atoms with Gasteiger partial charge in [0.15, 0.2) is 6.61 Å². The molecule has 0 aliphatic carbocycles. The van der Waals surface area contributed by atoms with Gasteiger partial charge in [-0.05, 0) is 61.5 Å². The first-order chi connectivity index (χ1) is 14.7. The van der Waals surface area contributed by atoms with Crippen LogP contribution in [-0.2, 0) is 14.8 Å². The van der Waals surface area contributed by atoms with Crippen molar-refractivity contribution in [1.82, 2.24) is 0 Å². The Bertz CT molecular complexity index is 1180. The van der Waals surface area contributed by atoms with E-state index in [0.29, 0.717) is 20.8 Å². The van der Waals surface area contributed by atoms with Crippen molar-refractivity contribution in [3.63, 3.8) is 0 Å². The van der Waals surface area contributed by atoms with Gasteiger partial charge in [0, 0.05) is 5.02 Å². The molecule has 162 valence electrons. The minimum Gasteiger partial charge on any atom is -0.495 e. The molecule has 0 saturated carbocycles. The molecule has 9 heteroatoms. The molecule has 0 aromatic heterocycles. The predicted octanol–water partition coefficient (Wildman–Crippen LogP) is 5.11. The number of amides is 1. The summed E-state index contributed by atoms with van der Waals surface area (Å²) in [6.07, 6.45) is 0. The zero-order valence-corrected chi connectivity index (χ0v) is 19.0. The van der Waals surface area contributed by atoms with Crippen LogP contribution in [0, 0.1) is 6.92 Å². The summed E-state index contributed by atoms with van der Waals surface area (Å²) < 4.78 is 38.0. The number of nitrogens with zero attached hydrogens (tertiary/aromatic N) is 1. The Morgan fingerprint density at radius 1 is 0.968 bits per heavy atom. The maximum atomic E-state index is 13.4. The number of rotatable bonds is 7. The first kappa shape index (κ1) is 22.9. The zero-order valence-electron chi connectivity index (χ0n) is 16.7. The number of methoxy groups -OCH3 is 1. The lowest BCUT2D eigenvalue weighted by molar-refractivity contribution is -0.119. The summed E-state index contributed by atoms with van der Waals surface area (Å²) in [4.78, 5) is 13.0. The van der Waals surface area contributed by atoms with Gasteiger partial charge in [-0.1, -0.05) is 40.9 Å². The molecule has 0 fully saturated rings. The number of carbonyl (C=O) groups excluding carboxylic acids is 1. The number of hydrogen-bond acceptors (Lipinski definition) is 5. The lowest BCUT2D eigenvalue weighted by atomic mass is 10.2. The number of benzene rings is 3. The van der Waals surface area contributed by atoms with Crippen LogP contribution >= 0.6 is 23.2 Å². The molecule has 0 radical (unpaired) electrons. The molecule has 0 atom stereocenters. The van der Waals surface area contributed by atoms with Crippen molar-refractivity contribution in [1.29, 1.82) is 0 Å². The Labute approximate surface area is 191 Å². The maximum absolute atomic E-state index is 13.4. The summed E-state index contributed by atoms with van der Waals surface area (Å²) in [5, 5.41) is 0.672. The molecule has 3 aromatic rings. The maximum Gasteiger partial charge on any atom is 0.278 e. The second-order valence-corrected chi connectivity index (χ2v) is 9.17. The third-order valence-corrected chi connectivity index (χ3v) is 6.64. The largest absolute Gasteiger partial charge is 0.495 e. The van der Waals surface area contributed by atoms with E-state index >= 15 is 0 Å². The standard InChI is InChI=1S/C22H19Cl2NO5S/c1-15-3-10-19(11-4-15)31(27,28)25(17-7-12-21(29-2)20(24)13-17)22(26)14-30-18-8-5-16(23)6-9-18/h3-13H,14H2,1-2H3. The normalized spacial score (nSPS) is 11.1. The Morgan fingerprint density at radius 2 is 1.61 bits per heavy atom. The minimum absolute atomic E-state index is 0.0371. The van der Waals surface area contributed by atoms with Gasteiger partial charge in [0.1, 0.15) is 11.5 Å². The number of sulfonamides is 1. The van der Waals surface area contributed by atoms with E-state index in [2.05, 4.69) is 0 Å². The van der Waals surface area contributed by atoms with Gasteiger partial charge in [0.2, 0.25) is 0 Å². The molecule has 0 aliphatic heterocycles. The van der Waals surface area contributed by atoms with E-state index in [4.69, 9.17) is 32.7 Å². The number of anilines is 1.